The molecule has 3 saturated heterocycles. The molecule has 1 unspecified atom stereocenters. The molecule has 2 bridgehead atoms. The summed E-state index contributed by atoms with van der Waals surface area (Å²) in [6.45, 7) is 8.74. The van der Waals surface area contributed by atoms with Gasteiger partial charge in [-0.3, -0.25) is 19.2 Å². The van der Waals surface area contributed by atoms with Gasteiger partial charge in [-0.05, 0) is 31.9 Å². The van der Waals surface area contributed by atoms with Gasteiger partial charge in [0, 0.05) is 24.3 Å². The molecule has 1 aromatic rings. The number of nitrogens with zero attached hydrogens (tertiary/aromatic N) is 2. The van der Waals surface area contributed by atoms with Gasteiger partial charge in [-0.15, -0.1) is 13.2 Å². The van der Waals surface area contributed by atoms with Gasteiger partial charge in [-0.2, -0.15) is 0 Å². The van der Waals surface area contributed by atoms with Crippen LogP contribution in [0.25, 0.3) is 0 Å². The molecule has 3 heterocycles. The van der Waals surface area contributed by atoms with Gasteiger partial charge in [0.2, 0.25) is 11.8 Å². The second-order valence-electron chi connectivity index (χ2n) is 10.5. The van der Waals surface area contributed by atoms with Crippen LogP contribution in [-0.4, -0.2) is 88.6 Å². The van der Waals surface area contributed by atoms with Gasteiger partial charge in [0.05, 0.1) is 41.8 Å². The minimum atomic E-state index is -1.32. The zero-order valence-corrected chi connectivity index (χ0v) is 25.2. The predicted octanol–water partition coefficient (Wildman–Crippen LogP) is 2.61. The minimum Gasteiger partial charge on any atom is -0.460 e. The summed E-state index contributed by atoms with van der Waals surface area (Å²) in [6, 6.07) is 5.73. The van der Waals surface area contributed by atoms with Gasteiger partial charge >= 0.3 is 5.97 Å². The normalized spacial score (nSPS) is 28.6. The summed E-state index contributed by atoms with van der Waals surface area (Å²) >= 11 is 10.1. The number of β-amino-alcohol motifs (C(OH)–C–C–N with tert-alkyl or cyclic N) is 1. The number of benzene rings is 1. The number of carbonyl (C=O) groups excluding carboxylic acids is 4. The average molecular weight is 653 g/mol. The maximum atomic E-state index is 14.3. The number of rotatable bonds is 13. The van der Waals surface area contributed by atoms with Crippen molar-refractivity contribution in [3.63, 3.8) is 0 Å². The quantitative estimate of drug-likeness (QED) is 0.191. The Morgan fingerprint density at radius 2 is 2.07 bits per heavy atom. The fourth-order valence-electron chi connectivity index (χ4n) is 6.18. The number of ether oxygens (including phenoxy) is 2. The second kappa shape index (κ2) is 13.1. The molecule has 0 saturated carbocycles. The van der Waals surface area contributed by atoms with Gasteiger partial charge in [0.25, 0.3) is 5.91 Å². The minimum absolute atomic E-state index is 0.105. The molecule has 3 aliphatic heterocycles. The Labute approximate surface area is 252 Å². The molecule has 7 atom stereocenters. The summed E-state index contributed by atoms with van der Waals surface area (Å²) in [4.78, 5) is 56.2. The van der Waals surface area contributed by atoms with Crippen LogP contribution in [-0.2, 0) is 28.7 Å². The molecule has 4 rings (SSSR count). The van der Waals surface area contributed by atoms with Crippen LogP contribution in [0.15, 0.2) is 49.6 Å². The zero-order chi connectivity index (χ0) is 29.9. The van der Waals surface area contributed by atoms with Crippen molar-refractivity contribution < 1.29 is 33.8 Å². The lowest BCUT2D eigenvalue weighted by Crippen LogP contribution is -2.57. The number of aliphatic hydroxyl groups is 1. The number of amides is 3. The molecule has 0 aliphatic carbocycles. The molecular weight excluding hydrogens is 618 g/mol. The number of para-hydroxylation sites is 1. The lowest BCUT2D eigenvalue weighted by atomic mass is 9.70. The van der Waals surface area contributed by atoms with Crippen LogP contribution < -0.4 is 10.2 Å². The Balaban J connectivity index is 1.62. The largest absolute Gasteiger partial charge is 0.460 e. The maximum absolute atomic E-state index is 14.3. The molecule has 41 heavy (non-hydrogen) atoms. The number of fused-ring (bicyclic) bond motifs is 1. The monoisotopic (exact) mass is 651 g/mol. The lowest BCUT2D eigenvalue weighted by Gasteiger charge is -2.37. The van der Waals surface area contributed by atoms with Crippen molar-refractivity contribution in [3.05, 3.63) is 54.6 Å². The summed E-state index contributed by atoms with van der Waals surface area (Å²) in [5, 5.41) is 12.9. The van der Waals surface area contributed by atoms with Crippen molar-refractivity contribution in [2.24, 2.45) is 11.8 Å². The first-order valence-electron chi connectivity index (χ1n) is 13.6. The first kappa shape index (κ1) is 31.2. The van der Waals surface area contributed by atoms with E-state index in [4.69, 9.17) is 21.1 Å². The highest BCUT2D eigenvalue weighted by Crippen LogP contribution is 2.60. The Hall–Kier alpha value is -2.73. The standard InChI is InChI=1S/C29H35BrClN3O7/c1-4-6-11-21(36)32-16-17(3)40-28(39)22-23-26(37)34(13-14-35)25(29(23)15-18(30)24(22)41-29)27(38)33(12-5-2)20-10-8-7-9-19(20)31/h4-5,7-10,17-18,22-25,35H,1-2,6,11-16H2,3H3,(H,32,36)/t17-,18?,22+,23-,24+,25+,29-/m0/s1. The maximum Gasteiger partial charge on any atom is 0.312 e. The first-order valence-corrected chi connectivity index (χ1v) is 14.9. The van der Waals surface area contributed by atoms with Crippen LogP contribution >= 0.6 is 27.5 Å². The number of allylic oxidation sites excluding steroid dienone is 1. The van der Waals surface area contributed by atoms with E-state index in [-0.39, 0.29) is 43.4 Å². The molecule has 0 radical (unpaired) electrons. The molecule has 0 aromatic heterocycles. The zero-order valence-electron chi connectivity index (χ0n) is 22.8. The van der Waals surface area contributed by atoms with E-state index in [0.717, 1.165) is 0 Å². The van der Waals surface area contributed by atoms with Gasteiger partial charge in [0.15, 0.2) is 0 Å². The summed E-state index contributed by atoms with van der Waals surface area (Å²) in [6.07, 6.45) is 2.95. The van der Waals surface area contributed by atoms with E-state index in [2.05, 4.69) is 34.4 Å². The molecule has 2 N–H and O–H groups in total. The van der Waals surface area contributed by atoms with Crippen molar-refractivity contribution in [1.82, 2.24) is 10.2 Å². The lowest BCUT2D eigenvalue weighted by molar-refractivity contribution is -0.159. The van der Waals surface area contributed by atoms with Crippen molar-refractivity contribution in [1.29, 1.82) is 0 Å². The van der Waals surface area contributed by atoms with Crippen molar-refractivity contribution >= 4 is 56.9 Å². The first-order chi connectivity index (χ1) is 19.6. The Bertz CT molecular complexity index is 1210. The predicted molar refractivity (Wildman–Crippen MR) is 156 cm³/mol. The fraction of sp³-hybridized carbons (Fsp3) is 0.517. The number of esters is 1. The van der Waals surface area contributed by atoms with Crippen LogP contribution in [0.3, 0.4) is 0 Å². The van der Waals surface area contributed by atoms with Crippen molar-refractivity contribution in [2.45, 2.75) is 54.9 Å². The van der Waals surface area contributed by atoms with E-state index in [9.17, 15) is 24.3 Å². The Kier molecular flexibility index (Phi) is 9.94. The number of hydrogen-bond donors (Lipinski definition) is 2. The van der Waals surface area contributed by atoms with Crippen LogP contribution in [0.5, 0.6) is 0 Å². The highest BCUT2D eigenvalue weighted by atomic mass is 79.9. The summed E-state index contributed by atoms with van der Waals surface area (Å²) in [5.41, 5.74) is -0.882. The van der Waals surface area contributed by atoms with Gasteiger partial charge in [-0.1, -0.05) is 51.8 Å². The number of hydrogen-bond acceptors (Lipinski definition) is 7. The van der Waals surface area contributed by atoms with E-state index in [1.165, 1.54) is 9.80 Å². The molecule has 3 fully saturated rings. The van der Waals surface area contributed by atoms with E-state index >= 15 is 0 Å². The third-order valence-corrected chi connectivity index (χ3v) is 9.00. The third kappa shape index (κ3) is 5.82. The molecule has 1 aromatic carbocycles. The van der Waals surface area contributed by atoms with Crippen LogP contribution in [0.1, 0.15) is 26.2 Å². The van der Waals surface area contributed by atoms with Crippen LogP contribution in [0, 0.1) is 11.8 Å². The van der Waals surface area contributed by atoms with Gasteiger partial charge < -0.3 is 29.7 Å². The van der Waals surface area contributed by atoms with Crippen molar-refractivity contribution in [3.8, 4) is 0 Å². The van der Waals surface area contributed by atoms with E-state index in [1.54, 1.807) is 43.3 Å². The molecular formula is C29H35BrClN3O7. The Morgan fingerprint density at radius 1 is 1.34 bits per heavy atom. The molecule has 12 heteroatoms. The average Bonchev–Trinajstić information content (AvgIpc) is 3.53. The number of halogens is 2. The summed E-state index contributed by atoms with van der Waals surface area (Å²) < 4.78 is 12.1. The van der Waals surface area contributed by atoms with Crippen LogP contribution in [0.2, 0.25) is 5.02 Å². The number of likely N-dealkylation sites (tertiary alicyclic amines) is 1. The number of nitrogens with one attached hydrogen (secondary N) is 1. The number of anilines is 1. The van der Waals surface area contributed by atoms with Gasteiger partial charge in [0.1, 0.15) is 17.7 Å². The third-order valence-electron chi connectivity index (χ3n) is 7.84. The van der Waals surface area contributed by atoms with E-state index in [0.29, 0.717) is 23.6 Å². The molecule has 1 spiro atoms. The van der Waals surface area contributed by atoms with Crippen molar-refractivity contribution in [2.75, 3.05) is 31.1 Å². The number of aliphatic hydroxyl groups excluding tert-OH is 1. The smallest absolute Gasteiger partial charge is 0.312 e. The Morgan fingerprint density at radius 3 is 2.73 bits per heavy atom. The molecule has 3 amide bonds. The van der Waals surface area contributed by atoms with E-state index in [1.807, 2.05) is 0 Å². The number of alkyl halides is 1. The summed E-state index contributed by atoms with van der Waals surface area (Å²) in [5.74, 6) is -3.70. The highest BCUT2D eigenvalue weighted by molar-refractivity contribution is 9.09. The molecule has 222 valence electrons. The summed E-state index contributed by atoms with van der Waals surface area (Å²) in [7, 11) is 0. The molecule has 3 aliphatic rings. The second-order valence-corrected chi connectivity index (χ2v) is 12.1. The van der Waals surface area contributed by atoms with Gasteiger partial charge in [-0.25, -0.2) is 0 Å². The van der Waals surface area contributed by atoms with Crippen LogP contribution in [0.4, 0.5) is 5.69 Å². The van der Waals surface area contributed by atoms with E-state index < -0.39 is 53.5 Å². The molecule has 10 nitrogen and oxygen atoms in total. The number of carbonyl (C=O) groups is 4. The fourth-order valence-corrected chi connectivity index (χ4v) is 7.36. The SMILES string of the molecule is C=CCCC(=O)NC[C@H](C)OC(=O)[C@H]1[C@@H]2O[C@@]3(CC2Br)[C@@H]1C(=O)N(CCO)[C@@H]3C(=O)N(CC=C)c1ccccc1Cl. The highest BCUT2D eigenvalue weighted by Gasteiger charge is 2.77. The topological polar surface area (TPSA) is 125 Å².